The van der Waals surface area contributed by atoms with Crippen molar-refractivity contribution in [3.63, 3.8) is 0 Å². The molecule has 0 radical (unpaired) electrons. The summed E-state index contributed by atoms with van der Waals surface area (Å²) in [6.07, 6.45) is 2.33. The summed E-state index contributed by atoms with van der Waals surface area (Å²) in [4.78, 5) is 0. The van der Waals surface area contributed by atoms with Gasteiger partial charge in [0.05, 0.1) is 19.8 Å². The Morgan fingerprint density at radius 2 is 1.88 bits per heavy atom. The zero-order valence-corrected chi connectivity index (χ0v) is 11.1. The predicted octanol–water partition coefficient (Wildman–Crippen LogP) is 2.89. The van der Waals surface area contributed by atoms with E-state index in [1.54, 1.807) is 14.2 Å². The van der Waals surface area contributed by atoms with Gasteiger partial charge in [0.25, 0.3) is 0 Å². The van der Waals surface area contributed by atoms with Crippen molar-refractivity contribution in [2.24, 2.45) is 0 Å². The second-order valence-corrected chi connectivity index (χ2v) is 4.79. The summed E-state index contributed by atoms with van der Waals surface area (Å²) in [5, 5.41) is 3.47. The van der Waals surface area contributed by atoms with Gasteiger partial charge in [-0.3, -0.25) is 0 Å². The first-order chi connectivity index (χ1) is 7.76. The molecule has 0 spiro atoms. The van der Waals surface area contributed by atoms with E-state index in [-0.39, 0.29) is 0 Å². The molecule has 16 heavy (non-hydrogen) atoms. The van der Waals surface area contributed by atoms with Gasteiger partial charge in [-0.15, -0.1) is 0 Å². The SMILES string of the molecule is COc1cc(Br)cc(OC)c1C1CCCN1. The second-order valence-electron chi connectivity index (χ2n) is 3.87. The summed E-state index contributed by atoms with van der Waals surface area (Å²) in [5.41, 5.74) is 1.13. The molecule has 3 nitrogen and oxygen atoms in total. The molecule has 1 aromatic rings. The van der Waals surface area contributed by atoms with E-state index >= 15 is 0 Å². The van der Waals surface area contributed by atoms with E-state index in [9.17, 15) is 0 Å². The molecule has 0 bridgehead atoms. The van der Waals surface area contributed by atoms with Crippen molar-refractivity contribution in [3.05, 3.63) is 22.2 Å². The van der Waals surface area contributed by atoms with Crippen molar-refractivity contribution in [3.8, 4) is 11.5 Å². The Labute approximate surface area is 104 Å². The highest BCUT2D eigenvalue weighted by molar-refractivity contribution is 9.10. The van der Waals surface area contributed by atoms with Crippen LogP contribution in [-0.2, 0) is 0 Å². The zero-order chi connectivity index (χ0) is 11.5. The van der Waals surface area contributed by atoms with Gasteiger partial charge in [-0.25, -0.2) is 0 Å². The van der Waals surface area contributed by atoms with Crippen LogP contribution in [0.3, 0.4) is 0 Å². The Morgan fingerprint density at radius 3 is 2.31 bits per heavy atom. The standard InChI is InChI=1S/C12H16BrNO2/c1-15-10-6-8(13)7-11(16-2)12(10)9-4-3-5-14-9/h6-7,9,14H,3-5H2,1-2H3. The Morgan fingerprint density at radius 1 is 1.25 bits per heavy atom. The number of rotatable bonds is 3. The van der Waals surface area contributed by atoms with Crippen molar-refractivity contribution >= 4 is 15.9 Å². The molecule has 1 aliphatic heterocycles. The first-order valence-corrected chi connectivity index (χ1v) is 6.20. The van der Waals surface area contributed by atoms with Crippen LogP contribution in [0.25, 0.3) is 0 Å². The number of methoxy groups -OCH3 is 2. The lowest BCUT2D eigenvalue weighted by molar-refractivity contribution is 0.375. The third-order valence-corrected chi connectivity index (χ3v) is 3.38. The van der Waals surface area contributed by atoms with E-state index in [1.807, 2.05) is 12.1 Å². The van der Waals surface area contributed by atoms with Crippen LogP contribution in [0, 0.1) is 0 Å². The van der Waals surface area contributed by atoms with E-state index in [2.05, 4.69) is 21.2 Å². The minimum Gasteiger partial charge on any atom is -0.496 e. The highest BCUT2D eigenvalue weighted by Gasteiger charge is 2.24. The van der Waals surface area contributed by atoms with Gasteiger partial charge in [0.15, 0.2) is 0 Å². The van der Waals surface area contributed by atoms with E-state index in [0.717, 1.165) is 34.5 Å². The van der Waals surface area contributed by atoms with Crippen LogP contribution in [0.5, 0.6) is 11.5 Å². The molecule has 0 aromatic heterocycles. The summed E-state index contributed by atoms with van der Waals surface area (Å²) >= 11 is 3.46. The van der Waals surface area contributed by atoms with Gasteiger partial charge in [-0.1, -0.05) is 15.9 Å². The lowest BCUT2D eigenvalue weighted by Crippen LogP contribution is -2.15. The molecule has 0 saturated carbocycles. The molecule has 1 saturated heterocycles. The van der Waals surface area contributed by atoms with E-state index in [4.69, 9.17) is 9.47 Å². The third kappa shape index (κ3) is 2.18. The molecular formula is C12H16BrNO2. The molecule has 0 aliphatic carbocycles. The number of ether oxygens (including phenoxy) is 2. The lowest BCUT2D eigenvalue weighted by atomic mass is 10.0. The Bertz CT molecular complexity index is 350. The summed E-state index contributed by atoms with van der Waals surface area (Å²) in [7, 11) is 3.39. The smallest absolute Gasteiger partial charge is 0.128 e. The van der Waals surface area contributed by atoms with Gasteiger partial charge in [-0.05, 0) is 31.5 Å². The van der Waals surface area contributed by atoms with Crippen molar-refractivity contribution in [2.75, 3.05) is 20.8 Å². The van der Waals surface area contributed by atoms with Crippen LogP contribution in [0.15, 0.2) is 16.6 Å². The average Bonchev–Trinajstić information content (AvgIpc) is 2.80. The maximum absolute atomic E-state index is 5.43. The maximum atomic E-state index is 5.43. The van der Waals surface area contributed by atoms with E-state index in [0.29, 0.717) is 6.04 Å². The second kappa shape index (κ2) is 5.06. The number of hydrogen-bond donors (Lipinski definition) is 1. The summed E-state index contributed by atoms with van der Waals surface area (Å²) in [6.45, 7) is 1.06. The quantitative estimate of drug-likeness (QED) is 0.926. The molecule has 0 amide bonds. The van der Waals surface area contributed by atoms with E-state index in [1.165, 1.54) is 6.42 Å². The molecule has 1 N–H and O–H groups in total. The van der Waals surface area contributed by atoms with Crippen LogP contribution in [0.4, 0.5) is 0 Å². The Kier molecular flexibility index (Phi) is 3.71. The first-order valence-electron chi connectivity index (χ1n) is 5.41. The van der Waals surface area contributed by atoms with Crippen LogP contribution in [0.1, 0.15) is 24.4 Å². The first kappa shape index (κ1) is 11.7. The van der Waals surface area contributed by atoms with Crippen molar-refractivity contribution in [1.82, 2.24) is 5.32 Å². The van der Waals surface area contributed by atoms with Crippen LogP contribution >= 0.6 is 15.9 Å². The monoisotopic (exact) mass is 285 g/mol. The van der Waals surface area contributed by atoms with Gasteiger partial charge in [0.2, 0.25) is 0 Å². The fourth-order valence-corrected chi connectivity index (χ4v) is 2.60. The van der Waals surface area contributed by atoms with Gasteiger partial charge in [-0.2, -0.15) is 0 Å². The van der Waals surface area contributed by atoms with Crippen LogP contribution in [-0.4, -0.2) is 20.8 Å². The molecule has 4 heteroatoms. The minimum atomic E-state index is 0.345. The molecule has 1 fully saturated rings. The normalized spacial score (nSPS) is 19.8. The number of hydrogen-bond acceptors (Lipinski definition) is 3. The van der Waals surface area contributed by atoms with Gasteiger partial charge in [0.1, 0.15) is 11.5 Å². The molecular weight excluding hydrogens is 270 g/mol. The lowest BCUT2D eigenvalue weighted by Gasteiger charge is -2.19. The zero-order valence-electron chi connectivity index (χ0n) is 9.55. The highest BCUT2D eigenvalue weighted by Crippen LogP contribution is 2.40. The number of halogens is 1. The minimum absolute atomic E-state index is 0.345. The van der Waals surface area contributed by atoms with Gasteiger partial charge < -0.3 is 14.8 Å². The average molecular weight is 286 g/mol. The molecule has 1 unspecified atom stereocenters. The van der Waals surface area contributed by atoms with Gasteiger partial charge in [0, 0.05) is 10.5 Å². The van der Waals surface area contributed by atoms with Crippen LogP contribution < -0.4 is 14.8 Å². The molecule has 88 valence electrons. The fourth-order valence-electron chi connectivity index (χ4n) is 2.18. The number of benzene rings is 1. The predicted molar refractivity (Wildman–Crippen MR) is 67.2 cm³/mol. The fraction of sp³-hybridized carbons (Fsp3) is 0.500. The largest absolute Gasteiger partial charge is 0.496 e. The number of nitrogens with one attached hydrogen (secondary N) is 1. The summed E-state index contributed by atoms with van der Waals surface area (Å²) in [6, 6.07) is 4.31. The summed E-state index contributed by atoms with van der Waals surface area (Å²) < 4.78 is 11.8. The summed E-state index contributed by atoms with van der Waals surface area (Å²) in [5.74, 6) is 1.76. The molecule has 1 heterocycles. The van der Waals surface area contributed by atoms with Gasteiger partial charge >= 0.3 is 0 Å². The topological polar surface area (TPSA) is 30.5 Å². The molecule has 2 rings (SSSR count). The maximum Gasteiger partial charge on any atom is 0.128 e. The van der Waals surface area contributed by atoms with E-state index < -0.39 is 0 Å². The Hall–Kier alpha value is -0.740. The van der Waals surface area contributed by atoms with Crippen molar-refractivity contribution in [1.29, 1.82) is 0 Å². The van der Waals surface area contributed by atoms with Crippen LogP contribution in [0.2, 0.25) is 0 Å². The van der Waals surface area contributed by atoms with Crippen molar-refractivity contribution < 1.29 is 9.47 Å². The third-order valence-electron chi connectivity index (χ3n) is 2.92. The Balaban J connectivity index is 2.46. The molecule has 1 aromatic carbocycles. The highest BCUT2D eigenvalue weighted by atomic mass is 79.9. The van der Waals surface area contributed by atoms with Crippen molar-refractivity contribution in [2.45, 2.75) is 18.9 Å². The molecule has 1 atom stereocenters. The molecule has 1 aliphatic rings.